The fraction of sp³-hybridized carbons (Fsp3) is 0.316. The maximum absolute atomic E-state index is 12.5. The minimum Gasteiger partial charge on any atom is -0.497 e. The molecular formula is C19H21ClN2O2. The van der Waals surface area contributed by atoms with Crippen molar-refractivity contribution in [3.05, 3.63) is 59.1 Å². The standard InChI is InChI=1S/C19H21ClN2O2/c1-24-18-7-5-15(6-8-18)13-19(23)22-11-9-21(10-12-22)17-4-2-3-16(20)14-17/h2-8,14H,9-13H2,1H3. The molecule has 3 rings (SSSR count). The number of piperazine rings is 1. The third kappa shape index (κ3) is 4.01. The Morgan fingerprint density at radius 3 is 2.42 bits per heavy atom. The van der Waals surface area contributed by atoms with E-state index in [4.69, 9.17) is 16.3 Å². The molecule has 1 saturated heterocycles. The van der Waals surface area contributed by atoms with Crippen molar-refractivity contribution in [1.29, 1.82) is 0 Å². The number of rotatable bonds is 4. The van der Waals surface area contributed by atoms with Crippen molar-refractivity contribution in [3.8, 4) is 5.75 Å². The van der Waals surface area contributed by atoms with E-state index in [1.54, 1.807) is 7.11 Å². The summed E-state index contributed by atoms with van der Waals surface area (Å²) in [5.41, 5.74) is 2.13. The van der Waals surface area contributed by atoms with E-state index < -0.39 is 0 Å². The topological polar surface area (TPSA) is 32.8 Å². The van der Waals surface area contributed by atoms with Gasteiger partial charge in [0.25, 0.3) is 0 Å². The van der Waals surface area contributed by atoms with Crippen molar-refractivity contribution in [2.24, 2.45) is 0 Å². The van der Waals surface area contributed by atoms with Gasteiger partial charge in [-0.15, -0.1) is 0 Å². The third-order valence-corrected chi connectivity index (χ3v) is 4.56. The van der Waals surface area contributed by atoms with Crippen LogP contribution in [0.15, 0.2) is 48.5 Å². The van der Waals surface area contributed by atoms with E-state index >= 15 is 0 Å². The number of benzene rings is 2. The first kappa shape index (κ1) is 16.7. The highest BCUT2D eigenvalue weighted by Gasteiger charge is 2.21. The fourth-order valence-electron chi connectivity index (χ4n) is 2.92. The molecular weight excluding hydrogens is 324 g/mol. The minimum atomic E-state index is 0.172. The molecule has 1 aliphatic heterocycles. The lowest BCUT2D eigenvalue weighted by atomic mass is 10.1. The molecule has 24 heavy (non-hydrogen) atoms. The molecule has 2 aromatic carbocycles. The largest absolute Gasteiger partial charge is 0.497 e. The molecule has 0 aromatic heterocycles. The second-order valence-electron chi connectivity index (χ2n) is 5.87. The Balaban J connectivity index is 1.54. The van der Waals surface area contributed by atoms with Crippen LogP contribution in [0.25, 0.3) is 0 Å². The molecule has 0 N–H and O–H groups in total. The van der Waals surface area contributed by atoms with Gasteiger partial charge in [-0.05, 0) is 35.9 Å². The second kappa shape index (κ2) is 7.58. The monoisotopic (exact) mass is 344 g/mol. The molecule has 0 bridgehead atoms. The highest BCUT2D eigenvalue weighted by atomic mass is 35.5. The normalized spacial score (nSPS) is 14.6. The number of amides is 1. The number of methoxy groups -OCH3 is 1. The van der Waals surface area contributed by atoms with E-state index in [1.165, 1.54) is 0 Å². The summed E-state index contributed by atoms with van der Waals surface area (Å²) in [4.78, 5) is 16.7. The summed E-state index contributed by atoms with van der Waals surface area (Å²) in [6, 6.07) is 15.5. The van der Waals surface area contributed by atoms with Crippen LogP contribution in [0.4, 0.5) is 5.69 Å². The highest BCUT2D eigenvalue weighted by Crippen LogP contribution is 2.21. The van der Waals surface area contributed by atoms with Crippen molar-refractivity contribution < 1.29 is 9.53 Å². The Hall–Kier alpha value is -2.20. The summed E-state index contributed by atoms with van der Waals surface area (Å²) in [6.07, 6.45) is 0.432. The molecule has 1 amide bonds. The summed E-state index contributed by atoms with van der Waals surface area (Å²) >= 11 is 6.05. The Kier molecular flexibility index (Phi) is 5.26. The van der Waals surface area contributed by atoms with Gasteiger partial charge in [-0.1, -0.05) is 29.8 Å². The zero-order chi connectivity index (χ0) is 16.9. The van der Waals surface area contributed by atoms with E-state index in [9.17, 15) is 4.79 Å². The van der Waals surface area contributed by atoms with Gasteiger partial charge in [0.2, 0.25) is 5.91 Å². The van der Waals surface area contributed by atoms with Gasteiger partial charge in [-0.2, -0.15) is 0 Å². The average molecular weight is 345 g/mol. The van der Waals surface area contributed by atoms with Crippen LogP contribution in [0.2, 0.25) is 5.02 Å². The van der Waals surface area contributed by atoms with Gasteiger partial charge >= 0.3 is 0 Å². The Bertz CT molecular complexity index is 695. The van der Waals surface area contributed by atoms with Crippen molar-refractivity contribution in [3.63, 3.8) is 0 Å². The Morgan fingerprint density at radius 2 is 1.79 bits per heavy atom. The molecule has 5 heteroatoms. The molecule has 1 fully saturated rings. The maximum Gasteiger partial charge on any atom is 0.227 e. The zero-order valence-corrected chi connectivity index (χ0v) is 14.5. The van der Waals surface area contributed by atoms with Crippen molar-refractivity contribution >= 4 is 23.2 Å². The predicted molar refractivity (Wildman–Crippen MR) is 96.9 cm³/mol. The zero-order valence-electron chi connectivity index (χ0n) is 13.7. The first-order chi connectivity index (χ1) is 11.7. The molecule has 0 unspecified atom stereocenters. The van der Waals surface area contributed by atoms with E-state index in [0.717, 1.165) is 48.2 Å². The number of carbonyl (C=O) groups is 1. The number of hydrogen-bond acceptors (Lipinski definition) is 3. The fourth-order valence-corrected chi connectivity index (χ4v) is 3.10. The van der Waals surface area contributed by atoms with Crippen LogP contribution in [0.1, 0.15) is 5.56 Å². The first-order valence-corrected chi connectivity index (χ1v) is 8.45. The smallest absolute Gasteiger partial charge is 0.227 e. The van der Waals surface area contributed by atoms with Gasteiger partial charge in [-0.25, -0.2) is 0 Å². The van der Waals surface area contributed by atoms with Crippen LogP contribution < -0.4 is 9.64 Å². The maximum atomic E-state index is 12.5. The SMILES string of the molecule is COc1ccc(CC(=O)N2CCN(c3cccc(Cl)c3)CC2)cc1. The lowest BCUT2D eigenvalue weighted by Gasteiger charge is -2.36. The van der Waals surface area contributed by atoms with Crippen molar-refractivity contribution in [2.45, 2.75) is 6.42 Å². The van der Waals surface area contributed by atoms with Crippen LogP contribution in [0, 0.1) is 0 Å². The Labute approximate surface area is 147 Å². The van der Waals surface area contributed by atoms with Gasteiger partial charge in [0, 0.05) is 36.9 Å². The number of halogens is 1. The van der Waals surface area contributed by atoms with Crippen LogP contribution in [-0.4, -0.2) is 44.1 Å². The van der Waals surface area contributed by atoms with E-state index in [2.05, 4.69) is 11.0 Å². The minimum absolute atomic E-state index is 0.172. The summed E-state index contributed by atoms with van der Waals surface area (Å²) in [5, 5.41) is 0.741. The second-order valence-corrected chi connectivity index (χ2v) is 6.31. The molecule has 0 saturated carbocycles. The number of ether oxygens (including phenoxy) is 1. The molecule has 4 nitrogen and oxygen atoms in total. The quantitative estimate of drug-likeness (QED) is 0.853. The predicted octanol–water partition coefficient (Wildman–Crippen LogP) is 3.24. The molecule has 126 valence electrons. The summed E-state index contributed by atoms with van der Waals surface area (Å²) < 4.78 is 5.14. The molecule has 0 radical (unpaired) electrons. The molecule has 1 heterocycles. The lowest BCUT2D eigenvalue weighted by molar-refractivity contribution is -0.130. The van der Waals surface area contributed by atoms with Gasteiger partial charge in [0.05, 0.1) is 13.5 Å². The summed E-state index contributed by atoms with van der Waals surface area (Å²) in [6.45, 7) is 3.13. The molecule has 1 aliphatic rings. The van der Waals surface area contributed by atoms with Gasteiger partial charge in [0.15, 0.2) is 0 Å². The van der Waals surface area contributed by atoms with Gasteiger partial charge in [-0.3, -0.25) is 4.79 Å². The Morgan fingerprint density at radius 1 is 1.08 bits per heavy atom. The van der Waals surface area contributed by atoms with Gasteiger partial charge in [0.1, 0.15) is 5.75 Å². The van der Waals surface area contributed by atoms with Crippen LogP contribution in [-0.2, 0) is 11.2 Å². The van der Waals surface area contributed by atoms with E-state index in [-0.39, 0.29) is 5.91 Å². The van der Waals surface area contributed by atoms with E-state index in [1.807, 2.05) is 47.4 Å². The molecule has 0 aliphatic carbocycles. The van der Waals surface area contributed by atoms with Crippen LogP contribution in [0.3, 0.4) is 0 Å². The van der Waals surface area contributed by atoms with Gasteiger partial charge < -0.3 is 14.5 Å². The summed E-state index contributed by atoms with van der Waals surface area (Å²) in [7, 11) is 1.64. The van der Waals surface area contributed by atoms with Crippen molar-refractivity contribution in [1.82, 2.24) is 4.90 Å². The van der Waals surface area contributed by atoms with E-state index in [0.29, 0.717) is 6.42 Å². The van der Waals surface area contributed by atoms with Crippen LogP contribution in [0.5, 0.6) is 5.75 Å². The van der Waals surface area contributed by atoms with Crippen molar-refractivity contribution in [2.75, 3.05) is 38.2 Å². The number of nitrogens with zero attached hydrogens (tertiary/aromatic N) is 2. The lowest BCUT2D eigenvalue weighted by Crippen LogP contribution is -2.49. The first-order valence-electron chi connectivity index (χ1n) is 8.07. The highest BCUT2D eigenvalue weighted by molar-refractivity contribution is 6.30. The molecule has 0 spiro atoms. The average Bonchev–Trinajstić information content (AvgIpc) is 2.62. The number of hydrogen-bond donors (Lipinski definition) is 0. The third-order valence-electron chi connectivity index (χ3n) is 4.32. The molecule has 2 aromatic rings. The number of carbonyl (C=O) groups excluding carboxylic acids is 1. The van der Waals surface area contributed by atoms with Crippen LogP contribution >= 0.6 is 11.6 Å². The molecule has 0 atom stereocenters. The number of anilines is 1. The summed E-state index contributed by atoms with van der Waals surface area (Å²) in [5.74, 6) is 0.979.